The van der Waals surface area contributed by atoms with E-state index in [0.717, 1.165) is 12.0 Å². The average molecular weight is 445 g/mol. The van der Waals surface area contributed by atoms with E-state index in [-0.39, 0.29) is 35.5 Å². The molecule has 0 radical (unpaired) electrons. The lowest BCUT2D eigenvalue weighted by molar-refractivity contribution is -0.140. The molecule has 2 N–H and O–H groups in total. The van der Waals surface area contributed by atoms with Gasteiger partial charge in [0.2, 0.25) is 11.8 Å². The number of hydrogen-bond acceptors (Lipinski definition) is 5. The number of likely N-dealkylation sites (tertiary alicyclic amines) is 1. The van der Waals surface area contributed by atoms with Gasteiger partial charge in [0.1, 0.15) is 13.2 Å². The van der Waals surface area contributed by atoms with Crippen molar-refractivity contribution in [3.63, 3.8) is 0 Å². The molecule has 4 unspecified atom stereocenters. The number of aliphatic imine (C=N–C) groups is 1. The van der Waals surface area contributed by atoms with Gasteiger partial charge in [-0.1, -0.05) is 23.8 Å². The van der Waals surface area contributed by atoms with Crippen LogP contribution >= 0.6 is 11.6 Å². The molecule has 5 rings (SSSR count). The van der Waals surface area contributed by atoms with Crippen LogP contribution in [0.2, 0.25) is 5.02 Å². The molecule has 0 spiro atoms. The Morgan fingerprint density at radius 2 is 1.84 bits per heavy atom. The lowest BCUT2D eigenvalue weighted by Crippen LogP contribution is -2.43. The van der Waals surface area contributed by atoms with E-state index in [2.05, 4.69) is 27.8 Å². The van der Waals surface area contributed by atoms with E-state index < -0.39 is 0 Å². The first kappa shape index (κ1) is 20.2. The lowest BCUT2D eigenvalue weighted by Gasteiger charge is -2.21. The van der Waals surface area contributed by atoms with Gasteiger partial charge in [-0.25, -0.2) is 0 Å². The Morgan fingerprint density at radius 1 is 1.13 bits per heavy atom. The molecule has 164 valence electrons. The van der Waals surface area contributed by atoms with Crippen LogP contribution in [0, 0.1) is 23.7 Å². The molecule has 2 aliphatic heterocycles. The van der Waals surface area contributed by atoms with Crippen LogP contribution in [0.25, 0.3) is 0 Å². The zero-order valence-corrected chi connectivity index (χ0v) is 18.0. The van der Waals surface area contributed by atoms with E-state index in [1.54, 1.807) is 7.05 Å². The fourth-order valence-electron chi connectivity index (χ4n) is 5.14. The number of allylic oxidation sites excluding steroid dienone is 2. The van der Waals surface area contributed by atoms with Gasteiger partial charge in [0.15, 0.2) is 17.5 Å². The number of nitrogens with one attached hydrogen (secondary N) is 2. The standard InChI is InChI=1S/C22H25ClN4O4/c1-24-22(26-11-12-8-15(23)19-16(9-12)30-6-7-31-19)25-4-5-27-20(28)17-13-2-3-14(10-13)18(17)21(27)29/h2-3,8-9,13-14,17-18H,4-7,10-11H2,1H3,(H2,24,25,26). The third-order valence-electron chi connectivity index (χ3n) is 6.53. The minimum absolute atomic E-state index is 0.0254. The van der Waals surface area contributed by atoms with Crippen LogP contribution in [-0.4, -0.2) is 56.0 Å². The van der Waals surface area contributed by atoms with Crippen LogP contribution in [-0.2, 0) is 16.1 Å². The van der Waals surface area contributed by atoms with E-state index in [1.165, 1.54) is 4.90 Å². The Balaban J connectivity index is 1.14. The van der Waals surface area contributed by atoms with Gasteiger partial charge in [-0.05, 0) is 36.0 Å². The zero-order valence-electron chi connectivity index (χ0n) is 17.3. The molecule has 9 heteroatoms. The summed E-state index contributed by atoms with van der Waals surface area (Å²) in [6.45, 7) is 2.23. The fourth-order valence-corrected chi connectivity index (χ4v) is 5.43. The molecule has 1 saturated carbocycles. The van der Waals surface area contributed by atoms with Gasteiger partial charge in [0, 0.05) is 26.7 Å². The van der Waals surface area contributed by atoms with Crippen molar-refractivity contribution < 1.29 is 19.1 Å². The Labute approximate surface area is 185 Å². The Bertz CT molecular complexity index is 949. The minimum Gasteiger partial charge on any atom is -0.486 e. The number of fused-ring (bicyclic) bond motifs is 6. The highest BCUT2D eigenvalue weighted by Gasteiger charge is 2.58. The number of imide groups is 1. The zero-order chi connectivity index (χ0) is 21.5. The van der Waals surface area contributed by atoms with Gasteiger partial charge in [-0.2, -0.15) is 0 Å². The minimum atomic E-state index is -0.153. The quantitative estimate of drug-likeness (QED) is 0.310. The first-order valence-electron chi connectivity index (χ1n) is 10.6. The van der Waals surface area contributed by atoms with Gasteiger partial charge in [0.05, 0.1) is 16.9 Å². The Hall–Kier alpha value is -2.74. The summed E-state index contributed by atoms with van der Waals surface area (Å²) in [6.07, 6.45) is 5.16. The Morgan fingerprint density at radius 3 is 2.55 bits per heavy atom. The van der Waals surface area contributed by atoms with Gasteiger partial charge in [-0.3, -0.25) is 19.5 Å². The van der Waals surface area contributed by atoms with Crippen LogP contribution in [0.1, 0.15) is 12.0 Å². The predicted molar refractivity (Wildman–Crippen MR) is 115 cm³/mol. The molecule has 2 fully saturated rings. The maximum atomic E-state index is 12.8. The topological polar surface area (TPSA) is 92.3 Å². The second-order valence-corrected chi connectivity index (χ2v) is 8.69. The second kappa shape index (κ2) is 8.07. The summed E-state index contributed by atoms with van der Waals surface area (Å²) >= 11 is 6.29. The van der Waals surface area contributed by atoms with Crippen molar-refractivity contribution in [1.82, 2.24) is 15.5 Å². The number of amides is 2. The van der Waals surface area contributed by atoms with E-state index >= 15 is 0 Å². The molecule has 2 heterocycles. The lowest BCUT2D eigenvalue weighted by atomic mass is 9.85. The summed E-state index contributed by atoms with van der Waals surface area (Å²) in [4.78, 5) is 31.1. The molecular weight excluding hydrogens is 420 g/mol. The molecule has 4 aliphatic rings. The van der Waals surface area contributed by atoms with Crippen LogP contribution in [0.4, 0.5) is 0 Å². The van der Waals surface area contributed by atoms with Gasteiger partial charge < -0.3 is 20.1 Å². The van der Waals surface area contributed by atoms with Crippen LogP contribution in [0.5, 0.6) is 11.5 Å². The van der Waals surface area contributed by atoms with E-state index in [0.29, 0.717) is 55.3 Å². The van der Waals surface area contributed by atoms with Gasteiger partial charge in [-0.15, -0.1) is 0 Å². The van der Waals surface area contributed by atoms with Crippen molar-refractivity contribution in [2.24, 2.45) is 28.7 Å². The summed E-state index contributed by atoms with van der Waals surface area (Å²) < 4.78 is 11.2. The number of halogens is 1. The number of hydrogen-bond donors (Lipinski definition) is 2. The van der Waals surface area contributed by atoms with E-state index in [4.69, 9.17) is 21.1 Å². The summed E-state index contributed by atoms with van der Waals surface area (Å²) in [5.74, 6) is 1.90. The molecule has 1 aromatic rings. The van der Waals surface area contributed by atoms with Crippen molar-refractivity contribution in [2.45, 2.75) is 13.0 Å². The summed E-state index contributed by atoms with van der Waals surface area (Å²) in [6, 6.07) is 3.72. The van der Waals surface area contributed by atoms with Crippen molar-refractivity contribution in [3.8, 4) is 11.5 Å². The molecule has 1 aromatic carbocycles. The normalized spacial score (nSPS) is 28.3. The number of carbonyl (C=O) groups excluding carboxylic acids is 2. The number of benzene rings is 1. The first-order chi connectivity index (χ1) is 15.1. The molecule has 2 amide bonds. The van der Waals surface area contributed by atoms with Gasteiger partial charge in [0.25, 0.3) is 0 Å². The summed E-state index contributed by atoms with van der Waals surface area (Å²) in [5.41, 5.74) is 0.929. The third kappa shape index (κ3) is 3.52. The highest BCUT2D eigenvalue weighted by atomic mass is 35.5. The van der Waals surface area contributed by atoms with E-state index in [1.807, 2.05) is 12.1 Å². The van der Waals surface area contributed by atoms with Crippen LogP contribution in [0.15, 0.2) is 29.3 Å². The van der Waals surface area contributed by atoms with Crippen molar-refractivity contribution in [3.05, 3.63) is 34.9 Å². The van der Waals surface area contributed by atoms with Crippen molar-refractivity contribution >= 4 is 29.4 Å². The molecule has 2 aliphatic carbocycles. The smallest absolute Gasteiger partial charge is 0.233 e. The summed E-state index contributed by atoms with van der Waals surface area (Å²) in [5, 5.41) is 6.90. The number of rotatable bonds is 5. The molecular formula is C22H25ClN4O4. The number of guanidine groups is 1. The fraction of sp³-hybridized carbons (Fsp3) is 0.500. The van der Waals surface area contributed by atoms with E-state index in [9.17, 15) is 9.59 Å². The number of nitrogens with zero attached hydrogens (tertiary/aromatic N) is 2. The molecule has 8 nitrogen and oxygen atoms in total. The van der Waals surface area contributed by atoms with Gasteiger partial charge >= 0.3 is 0 Å². The second-order valence-electron chi connectivity index (χ2n) is 8.28. The maximum Gasteiger partial charge on any atom is 0.233 e. The monoisotopic (exact) mass is 444 g/mol. The summed E-state index contributed by atoms with van der Waals surface area (Å²) in [7, 11) is 1.67. The average Bonchev–Trinajstić information content (AvgIpc) is 3.45. The molecule has 4 atom stereocenters. The Kier molecular flexibility index (Phi) is 5.25. The van der Waals surface area contributed by atoms with Crippen molar-refractivity contribution in [1.29, 1.82) is 0 Å². The number of ether oxygens (including phenoxy) is 2. The van der Waals surface area contributed by atoms with Crippen LogP contribution in [0.3, 0.4) is 0 Å². The molecule has 31 heavy (non-hydrogen) atoms. The molecule has 1 saturated heterocycles. The third-order valence-corrected chi connectivity index (χ3v) is 6.81. The maximum absolute atomic E-state index is 12.8. The highest BCUT2D eigenvalue weighted by Crippen LogP contribution is 2.52. The highest BCUT2D eigenvalue weighted by molar-refractivity contribution is 6.32. The van der Waals surface area contributed by atoms with Crippen molar-refractivity contribution in [2.75, 3.05) is 33.4 Å². The molecule has 0 aromatic heterocycles. The largest absolute Gasteiger partial charge is 0.486 e. The molecule has 2 bridgehead atoms. The number of carbonyl (C=O) groups is 2. The SMILES string of the molecule is CN=C(NCCN1C(=O)C2C3C=CC(C3)C2C1=O)NCc1cc(Cl)c2c(c1)OCCO2. The predicted octanol–water partition coefficient (Wildman–Crippen LogP) is 1.58. The van der Waals surface area contributed by atoms with Crippen LogP contribution < -0.4 is 20.1 Å². The first-order valence-corrected chi connectivity index (χ1v) is 11.0.